The molecular weight excluding hydrogens is 178 g/mol. The lowest BCUT2D eigenvalue weighted by molar-refractivity contribution is 1.11. The van der Waals surface area contributed by atoms with Gasteiger partial charge in [0.15, 0.2) is 5.82 Å². The van der Waals surface area contributed by atoms with Crippen LogP contribution in [0.1, 0.15) is 12.5 Å². The highest BCUT2D eigenvalue weighted by molar-refractivity contribution is 5.85. The molecule has 2 rings (SSSR count). The Balaban J connectivity index is 2.75. The van der Waals surface area contributed by atoms with Gasteiger partial charge in [-0.1, -0.05) is 6.92 Å². The summed E-state index contributed by atoms with van der Waals surface area (Å²) in [5.74, 6) is 0.514. The van der Waals surface area contributed by atoms with Crippen molar-refractivity contribution in [1.82, 2.24) is 15.0 Å². The molecule has 0 aliphatic carbocycles. The summed E-state index contributed by atoms with van der Waals surface area (Å²) in [6.45, 7) is 2.05. The summed E-state index contributed by atoms with van der Waals surface area (Å²) < 4.78 is 0. The van der Waals surface area contributed by atoms with Crippen molar-refractivity contribution in [1.29, 1.82) is 0 Å². The fourth-order valence-electron chi connectivity index (χ4n) is 1.30. The highest BCUT2D eigenvalue weighted by atomic mass is 15.0. The second-order valence-electron chi connectivity index (χ2n) is 3.03. The smallest absolute Gasteiger partial charge is 0.222 e. The van der Waals surface area contributed by atoms with Crippen molar-refractivity contribution in [2.24, 2.45) is 0 Å². The first-order valence-electron chi connectivity index (χ1n) is 4.38. The van der Waals surface area contributed by atoms with Gasteiger partial charge >= 0.3 is 0 Å². The first-order valence-corrected chi connectivity index (χ1v) is 4.38. The molecule has 0 bridgehead atoms. The van der Waals surface area contributed by atoms with Crippen molar-refractivity contribution < 1.29 is 0 Å². The van der Waals surface area contributed by atoms with Gasteiger partial charge in [-0.3, -0.25) is 4.98 Å². The van der Waals surface area contributed by atoms with E-state index in [2.05, 4.69) is 21.9 Å². The molecule has 0 atom stereocenters. The van der Waals surface area contributed by atoms with E-state index >= 15 is 0 Å². The number of nitrogens with two attached hydrogens (primary N) is 2. The lowest BCUT2D eigenvalue weighted by Crippen LogP contribution is -2.02. The quantitative estimate of drug-likeness (QED) is 0.690. The first-order chi connectivity index (χ1) is 6.70. The Bertz CT molecular complexity index is 480. The molecule has 0 unspecified atom stereocenters. The van der Waals surface area contributed by atoms with Gasteiger partial charge in [0.1, 0.15) is 5.52 Å². The van der Waals surface area contributed by atoms with Crippen LogP contribution in [0.2, 0.25) is 0 Å². The van der Waals surface area contributed by atoms with Crippen LogP contribution in [0.3, 0.4) is 0 Å². The molecule has 2 heterocycles. The SMILES string of the molecule is CCc1cnc2c(N)nc(N)nc2c1. The number of aromatic nitrogens is 3. The second-order valence-corrected chi connectivity index (χ2v) is 3.03. The van der Waals surface area contributed by atoms with Crippen molar-refractivity contribution in [2.45, 2.75) is 13.3 Å². The van der Waals surface area contributed by atoms with Gasteiger partial charge in [-0.25, -0.2) is 4.98 Å². The topological polar surface area (TPSA) is 90.7 Å². The third-order valence-corrected chi connectivity index (χ3v) is 2.05. The van der Waals surface area contributed by atoms with E-state index in [0.29, 0.717) is 16.9 Å². The predicted molar refractivity (Wildman–Crippen MR) is 55.5 cm³/mol. The van der Waals surface area contributed by atoms with E-state index in [1.54, 1.807) is 6.20 Å². The summed E-state index contributed by atoms with van der Waals surface area (Å²) in [6.07, 6.45) is 2.69. The van der Waals surface area contributed by atoms with Crippen LogP contribution in [0.4, 0.5) is 11.8 Å². The van der Waals surface area contributed by atoms with Gasteiger partial charge in [0.05, 0.1) is 5.52 Å². The first kappa shape index (κ1) is 8.68. The molecule has 5 nitrogen and oxygen atoms in total. The van der Waals surface area contributed by atoms with Crippen molar-refractivity contribution >= 4 is 22.8 Å². The molecule has 2 aromatic rings. The molecule has 0 saturated heterocycles. The van der Waals surface area contributed by atoms with Gasteiger partial charge in [-0.05, 0) is 18.1 Å². The summed E-state index contributed by atoms with van der Waals surface area (Å²) in [6, 6.07) is 1.93. The number of hydrogen-bond donors (Lipinski definition) is 2. The van der Waals surface area contributed by atoms with E-state index in [-0.39, 0.29) is 5.95 Å². The Hall–Kier alpha value is -1.91. The van der Waals surface area contributed by atoms with Crippen molar-refractivity contribution in [3.8, 4) is 0 Å². The van der Waals surface area contributed by atoms with Crippen LogP contribution < -0.4 is 11.5 Å². The molecule has 0 amide bonds. The van der Waals surface area contributed by atoms with Gasteiger partial charge in [0, 0.05) is 6.20 Å². The molecule has 5 heteroatoms. The van der Waals surface area contributed by atoms with Crippen molar-refractivity contribution in [3.05, 3.63) is 17.8 Å². The van der Waals surface area contributed by atoms with Crippen LogP contribution in [-0.4, -0.2) is 15.0 Å². The second kappa shape index (κ2) is 3.10. The van der Waals surface area contributed by atoms with E-state index in [1.807, 2.05) is 6.07 Å². The van der Waals surface area contributed by atoms with Gasteiger partial charge < -0.3 is 11.5 Å². The van der Waals surface area contributed by atoms with Gasteiger partial charge in [0.2, 0.25) is 5.95 Å². The highest BCUT2D eigenvalue weighted by Gasteiger charge is 2.04. The fourth-order valence-corrected chi connectivity index (χ4v) is 1.30. The molecule has 4 N–H and O–H groups in total. The standard InChI is InChI=1S/C9H11N5/c1-2-5-3-6-7(12-4-5)8(10)14-9(11)13-6/h3-4H,2H2,1H3,(H4,10,11,13,14). The lowest BCUT2D eigenvalue weighted by Gasteiger charge is -2.02. The predicted octanol–water partition coefficient (Wildman–Crippen LogP) is 0.752. The largest absolute Gasteiger partial charge is 0.382 e. The number of nitrogen functional groups attached to an aromatic ring is 2. The number of rotatable bonds is 1. The average Bonchev–Trinajstić information content (AvgIpc) is 2.16. The number of nitrogens with zero attached hydrogens (tertiary/aromatic N) is 3. The van der Waals surface area contributed by atoms with Crippen molar-refractivity contribution in [2.75, 3.05) is 11.5 Å². The van der Waals surface area contributed by atoms with Crippen LogP contribution in [0.5, 0.6) is 0 Å². The number of pyridine rings is 1. The Morgan fingerprint density at radius 1 is 1.29 bits per heavy atom. The minimum atomic E-state index is 0.185. The molecule has 0 saturated carbocycles. The highest BCUT2D eigenvalue weighted by Crippen LogP contribution is 2.17. The molecule has 0 radical (unpaired) electrons. The van der Waals surface area contributed by atoms with Crippen LogP contribution in [0.25, 0.3) is 11.0 Å². The molecule has 0 fully saturated rings. The number of fused-ring (bicyclic) bond motifs is 1. The Morgan fingerprint density at radius 2 is 2.07 bits per heavy atom. The minimum absolute atomic E-state index is 0.185. The van der Waals surface area contributed by atoms with Crippen LogP contribution >= 0.6 is 0 Å². The Labute approximate surface area is 81.2 Å². The molecule has 0 aliphatic rings. The Morgan fingerprint density at radius 3 is 2.79 bits per heavy atom. The third kappa shape index (κ3) is 1.32. The maximum Gasteiger partial charge on any atom is 0.222 e. The van der Waals surface area contributed by atoms with Crippen LogP contribution in [0.15, 0.2) is 12.3 Å². The summed E-state index contributed by atoms with van der Waals surface area (Å²) in [4.78, 5) is 12.1. The molecule has 0 aromatic carbocycles. The monoisotopic (exact) mass is 189 g/mol. The minimum Gasteiger partial charge on any atom is -0.382 e. The maximum atomic E-state index is 5.65. The zero-order valence-electron chi connectivity index (χ0n) is 7.86. The average molecular weight is 189 g/mol. The van der Waals surface area contributed by atoms with Crippen molar-refractivity contribution in [3.63, 3.8) is 0 Å². The summed E-state index contributed by atoms with van der Waals surface area (Å²) in [5.41, 5.74) is 13.6. The van der Waals surface area contributed by atoms with E-state index in [0.717, 1.165) is 12.0 Å². The molecule has 14 heavy (non-hydrogen) atoms. The van der Waals surface area contributed by atoms with E-state index in [4.69, 9.17) is 11.5 Å². The number of hydrogen-bond acceptors (Lipinski definition) is 5. The van der Waals surface area contributed by atoms with Crippen LogP contribution in [0, 0.1) is 0 Å². The zero-order chi connectivity index (χ0) is 10.1. The van der Waals surface area contributed by atoms with E-state index < -0.39 is 0 Å². The molecular formula is C9H11N5. The number of anilines is 2. The van der Waals surface area contributed by atoms with E-state index in [9.17, 15) is 0 Å². The summed E-state index contributed by atoms with van der Waals surface area (Å²) in [7, 11) is 0. The molecule has 72 valence electrons. The summed E-state index contributed by atoms with van der Waals surface area (Å²) >= 11 is 0. The van der Waals surface area contributed by atoms with Gasteiger partial charge in [0.25, 0.3) is 0 Å². The van der Waals surface area contributed by atoms with Crippen LogP contribution in [-0.2, 0) is 6.42 Å². The van der Waals surface area contributed by atoms with E-state index in [1.165, 1.54) is 0 Å². The Kier molecular flexibility index (Phi) is 1.92. The number of aryl methyl sites for hydroxylation is 1. The molecule has 2 aromatic heterocycles. The lowest BCUT2D eigenvalue weighted by atomic mass is 10.2. The van der Waals surface area contributed by atoms with Gasteiger partial charge in [-0.2, -0.15) is 4.98 Å². The normalized spacial score (nSPS) is 10.6. The fraction of sp³-hybridized carbons (Fsp3) is 0.222. The zero-order valence-corrected chi connectivity index (χ0v) is 7.86. The maximum absolute atomic E-state index is 5.65. The molecule has 0 aliphatic heterocycles. The summed E-state index contributed by atoms with van der Waals surface area (Å²) in [5, 5.41) is 0. The molecule has 0 spiro atoms. The third-order valence-electron chi connectivity index (χ3n) is 2.05. The van der Waals surface area contributed by atoms with Gasteiger partial charge in [-0.15, -0.1) is 0 Å².